The fourth-order valence-corrected chi connectivity index (χ4v) is 3.33. The molecular formula is C14H16N5OS2+. The number of hydrogen-bond donors (Lipinski definition) is 2. The van der Waals surface area contributed by atoms with Crippen LogP contribution in [0.15, 0.2) is 29.4 Å². The van der Waals surface area contributed by atoms with Gasteiger partial charge in [0, 0.05) is 5.92 Å². The van der Waals surface area contributed by atoms with E-state index < -0.39 is 0 Å². The molecule has 0 aliphatic heterocycles. The van der Waals surface area contributed by atoms with Crippen LogP contribution in [-0.4, -0.2) is 26.8 Å². The highest BCUT2D eigenvalue weighted by molar-refractivity contribution is 7.99. The lowest BCUT2D eigenvalue weighted by atomic mass is 10.2. The molecule has 3 rings (SSSR count). The predicted molar refractivity (Wildman–Crippen MR) is 88.2 cm³/mol. The van der Waals surface area contributed by atoms with Gasteiger partial charge < -0.3 is 0 Å². The Morgan fingerprint density at radius 3 is 2.95 bits per heavy atom. The lowest BCUT2D eigenvalue weighted by Crippen LogP contribution is -2.15. The lowest BCUT2D eigenvalue weighted by Gasteiger charge is -1.97. The first-order valence-electron chi connectivity index (χ1n) is 6.88. The Morgan fingerprint density at radius 2 is 2.23 bits per heavy atom. The third-order valence-corrected chi connectivity index (χ3v) is 4.99. The van der Waals surface area contributed by atoms with E-state index in [1.165, 1.54) is 23.1 Å². The van der Waals surface area contributed by atoms with Crippen LogP contribution in [-0.2, 0) is 4.79 Å². The Morgan fingerprint density at radius 1 is 1.41 bits per heavy atom. The average molecular weight is 334 g/mol. The van der Waals surface area contributed by atoms with Crippen molar-refractivity contribution in [3.63, 3.8) is 0 Å². The summed E-state index contributed by atoms with van der Waals surface area (Å²) >= 11 is 2.84. The maximum Gasteiger partial charge on any atom is 0.315 e. The van der Waals surface area contributed by atoms with Crippen LogP contribution in [0.25, 0.3) is 11.0 Å². The maximum absolute atomic E-state index is 12.0. The van der Waals surface area contributed by atoms with Gasteiger partial charge in [-0.1, -0.05) is 37.3 Å². The third-order valence-electron chi connectivity index (χ3n) is 2.95. The van der Waals surface area contributed by atoms with Gasteiger partial charge in [0.25, 0.3) is 0 Å². The number of fused-ring (bicyclic) bond motifs is 1. The number of H-pyrrole nitrogens is 2. The van der Waals surface area contributed by atoms with E-state index in [-0.39, 0.29) is 5.91 Å². The third kappa shape index (κ3) is 3.45. The number of carbonyl (C=O) groups excluding carboxylic acids is 1. The van der Waals surface area contributed by atoms with Crippen LogP contribution in [0, 0.1) is 0 Å². The summed E-state index contributed by atoms with van der Waals surface area (Å²) in [7, 11) is 0. The summed E-state index contributed by atoms with van der Waals surface area (Å²) in [5, 5.41) is 13.1. The highest BCUT2D eigenvalue weighted by atomic mass is 32.2. The first-order chi connectivity index (χ1) is 10.6. The lowest BCUT2D eigenvalue weighted by molar-refractivity contribution is -0.396. The number of aromatic amines is 2. The minimum Gasteiger partial charge on any atom is -0.300 e. The Kier molecular flexibility index (Phi) is 4.39. The number of imidazole rings is 1. The number of thioether (sulfide) groups is 1. The molecule has 0 fully saturated rings. The molecule has 0 atom stereocenters. The van der Waals surface area contributed by atoms with Crippen LogP contribution in [0.5, 0.6) is 0 Å². The molecule has 1 amide bonds. The van der Waals surface area contributed by atoms with Gasteiger partial charge in [0.15, 0.2) is 11.0 Å². The van der Waals surface area contributed by atoms with Crippen molar-refractivity contribution in [2.45, 2.75) is 24.9 Å². The first kappa shape index (κ1) is 15.0. The number of nitrogens with zero attached hydrogens (tertiary/aromatic N) is 2. The summed E-state index contributed by atoms with van der Waals surface area (Å²) in [6.45, 7) is 4.10. The van der Waals surface area contributed by atoms with Gasteiger partial charge in [0.1, 0.15) is 5.01 Å². The normalized spacial score (nSPS) is 11.2. The highest BCUT2D eigenvalue weighted by Crippen LogP contribution is 2.22. The van der Waals surface area contributed by atoms with E-state index in [1.54, 1.807) is 0 Å². The molecule has 0 spiro atoms. The molecule has 8 heteroatoms. The average Bonchev–Trinajstić information content (AvgIpc) is 3.11. The maximum atomic E-state index is 12.0. The molecule has 1 aromatic carbocycles. The predicted octanol–water partition coefficient (Wildman–Crippen LogP) is 2.69. The van der Waals surface area contributed by atoms with E-state index in [1.807, 2.05) is 38.1 Å². The fraction of sp³-hybridized carbons (Fsp3) is 0.286. The number of carbonyl (C=O) groups is 1. The molecular weight excluding hydrogens is 318 g/mol. The number of nitrogens with one attached hydrogen (secondary N) is 3. The molecule has 0 radical (unpaired) electrons. The monoisotopic (exact) mass is 334 g/mol. The van der Waals surface area contributed by atoms with Crippen molar-refractivity contribution in [3.8, 4) is 0 Å². The molecule has 6 nitrogen and oxygen atoms in total. The first-order valence-corrected chi connectivity index (χ1v) is 8.68. The van der Waals surface area contributed by atoms with E-state index in [2.05, 4.69) is 25.5 Å². The van der Waals surface area contributed by atoms with Gasteiger partial charge >= 0.3 is 5.16 Å². The van der Waals surface area contributed by atoms with Crippen LogP contribution in [0.4, 0.5) is 5.13 Å². The van der Waals surface area contributed by atoms with Gasteiger partial charge in [-0.15, -0.1) is 10.2 Å². The zero-order chi connectivity index (χ0) is 15.5. The van der Waals surface area contributed by atoms with Gasteiger partial charge in [-0.2, -0.15) is 0 Å². The summed E-state index contributed by atoms with van der Waals surface area (Å²) in [4.78, 5) is 18.4. The second-order valence-electron chi connectivity index (χ2n) is 5.06. The van der Waals surface area contributed by atoms with Crippen molar-refractivity contribution < 1.29 is 9.78 Å². The van der Waals surface area contributed by atoms with Crippen LogP contribution < -0.4 is 10.3 Å². The summed E-state index contributed by atoms with van der Waals surface area (Å²) < 4.78 is 0. The molecule has 0 aliphatic rings. The van der Waals surface area contributed by atoms with Gasteiger partial charge in [-0.3, -0.25) is 10.1 Å². The van der Waals surface area contributed by atoms with Crippen LogP contribution in [0.2, 0.25) is 0 Å². The number of amides is 1. The summed E-state index contributed by atoms with van der Waals surface area (Å²) in [6, 6.07) is 7.92. The number of aromatic nitrogens is 4. The number of para-hydroxylation sites is 2. The van der Waals surface area contributed by atoms with E-state index in [0.29, 0.717) is 16.8 Å². The van der Waals surface area contributed by atoms with Crippen molar-refractivity contribution in [3.05, 3.63) is 29.3 Å². The minimum atomic E-state index is -0.0940. The van der Waals surface area contributed by atoms with Gasteiger partial charge in [0.05, 0.1) is 5.75 Å². The van der Waals surface area contributed by atoms with Crippen LogP contribution in [0.1, 0.15) is 24.8 Å². The number of benzene rings is 1. The van der Waals surface area contributed by atoms with Crippen LogP contribution in [0.3, 0.4) is 0 Å². The standard InChI is InChI=1S/C14H15N5OS2/c1-8(2)12-18-19-14(22-12)17-11(20)7-21-13-15-9-5-3-4-6-10(9)16-13/h3-6,8H,7H2,1-2H3,(H,15,16)(H,17,19,20)/p+1. The van der Waals surface area contributed by atoms with Crippen molar-refractivity contribution in [2.24, 2.45) is 0 Å². The van der Waals surface area contributed by atoms with Gasteiger partial charge in [-0.25, -0.2) is 9.97 Å². The molecule has 0 saturated heterocycles. The van der Waals surface area contributed by atoms with Crippen molar-refractivity contribution >= 4 is 45.2 Å². The van der Waals surface area contributed by atoms with E-state index in [9.17, 15) is 4.79 Å². The molecule has 22 heavy (non-hydrogen) atoms. The van der Waals surface area contributed by atoms with E-state index in [0.717, 1.165) is 21.2 Å². The molecule has 2 heterocycles. The molecule has 114 valence electrons. The Hall–Kier alpha value is -1.93. The Balaban J connectivity index is 1.57. The smallest absolute Gasteiger partial charge is 0.300 e. The summed E-state index contributed by atoms with van der Waals surface area (Å²) in [5.41, 5.74) is 2.05. The number of rotatable bonds is 5. The molecule has 0 bridgehead atoms. The highest BCUT2D eigenvalue weighted by Gasteiger charge is 2.14. The molecule has 2 aromatic heterocycles. The second kappa shape index (κ2) is 6.45. The molecule has 0 unspecified atom stereocenters. The van der Waals surface area contributed by atoms with Crippen molar-refractivity contribution in [1.29, 1.82) is 0 Å². The largest absolute Gasteiger partial charge is 0.315 e. The zero-order valence-electron chi connectivity index (χ0n) is 12.2. The fourth-order valence-electron chi connectivity index (χ4n) is 1.86. The van der Waals surface area contributed by atoms with E-state index in [4.69, 9.17) is 0 Å². The van der Waals surface area contributed by atoms with Crippen molar-refractivity contribution in [1.82, 2.24) is 15.2 Å². The summed E-state index contributed by atoms with van der Waals surface area (Å²) in [5.74, 6) is 0.530. The quantitative estimate of drug-likeness (QED) is 0.703. The number of hydrogen-bond acceptors (Lipinski definition) is 5. The Bertz CT molecular complexity index is 762. The topological polar surface area (TPSA) is 84.8 Å². The molecule has 0 aliphatic carbocycles. The van der Waals surface area contributed by atoms with Crippen LogP contribution >= 0.6 is 23.1 Å². The Labute approximate surface area is 135 Å². The minimum absolute atomic E-state index is 0.0940. The summed E-state index contributed by atoms with van der Waals surface area (Å²) in [6.07, 6.45) is 0. The van der Waals surface area contributed by atoms with Crippen molar-refractivity contribution in [2.75, 3.05) is 11.1 Å². The SMILES string of the molecule is CC(C)c1nnc(NC(=O)CSc2[nH]c3ccccc3[nH+]2)s1. The van der Waals surface area contributed by atoms with Gasteiger partial charge in [-0.05, 0) is 23.9 Å². The molecule has 0 saturated carbocycles. The van der Waals surface area contributed by atoms with Gasteiger partial charge in [0.2, 0.25) is 11.0 Å². The molecule has 3 N–H and O–H groups in total. The number of anilines is 1. The molecule has 3 aromatic rings. The zero-order valence-corrected chi connectivity index (χ0v) is 13.8. The second-order valence-corrected chi connectivity index (χ2v) is 7.06. The van der Waals surface area contributed by atoms with E-state index >= 15 is 0 Å².